The molecule has 0 aliphatic rings. The minimum Gasteiger partial charge on any atom is -0.385 e. The summed E-state index contributed by atoms with van der Waals surface area (Å²) in [5.41, 5.74) is 0.894. The number of methoxy groups -OCH3 is 1. The van der Waals surface area contributed by atoms with Crippen LogP contribution in [0.15, 0.2) is 12.3 Å². The number of pyridine rings is 1. The number of nitrogens with one attached hydrogen (secondary N) is 1. The van der Waals surface area contributed by atoms with Gasteiger partial charge in [0.2, 0.25) is 0 Å². The first-order chi connectivity index (χ1) is 9.54. The van der Waals surface area contributed by atoms with Crippen molar-refractivity contribution in [2.75, 3.05) is 38.8 Å². The smallest absolute Gasteiger partial charge is 0.141 e. The third-order valence-electron chi connectivity index (χ3n) is 2.98. The summed E-state index contributed by atoms with van der Waals surface area (Å²) in [6.45, 7) is 7.38. The molecule has 0 atom stereocenters. The van der Waals surface area contributed by atoms with Crippen LogP contribution in [-0.2, 0) is 11.3 Å². The summed E-state index contributed by atoms with van der Waals surface area (Å²) in [7, 11) is 3.67. The number of aromatic nitrogens is 1. The topological polar surface area (TPSA) is 37.4 Å². The van der Waals surface area contributed by atoms with Gasteiger partial charge in [0, 0.05) is 39.4 Å². The van der Waals surface area contributed by atoms with Crippen LogP contribution in [0.2, 0.25) is 0 Å². The Labute approximate surface area is 121 Å². The highest BCUT2D eigenvalue weighted by molar-refractivity contribution is 5.46. The average Bonchev–Trinajstić information content (AvgIpc) is 2.38. The van der Waals surface area contributed by atoms with Gasteiger partial charge in [0.1, 0.15) is 11.6 Å². The lowest BCUT2D eigenvalue weighted by Gasteiger charge is -2.21. The summed E-state index contributed by atoms with van der Waals surface area (Å²) in [6, 6.07) is 1.56. The van der Waals surface area contributed by atoms with E-state index in [1.54, 1.807) is 13.2 Å². The zero-order valence-electron chi connectivity index (χ0n) is 12.9. The van der Waals surface area contributed by atoms with E-state index in [9.17, 15) is 4.39 Å². The van der Waals surface area contributed by atoms with Gasteiger partial charge in [0.15, 0.2) is 0 Å². The van der Waals surface area contributed by atoms with Crippen LogP contribution in [0, 0.1) is 11.7 Å². The molecule has 1 aromatic rings. The molecule has 4 nitrogen and oxygen atoms in total. The SMILES string of the molecule is COCCCN(C)c1ncc(F)cc1CNCC(C)C. The Morgan fingerprint density at radius 2 is 2.20 bits per heavy atom. The van der Waals surface area contributed by atoms with E-state index in [0.717, 1.165) is 30.9 Å². The first kappa shape index (κ1) is 16.9. The van der Waals surface area contributed by atoms with E-state index >= 15 is 0 Å². The third-order valence-corrected chi connectivity index (χ3v) is 2.98. The van der Waals surface area contributed by atoms with E-state index in [-0.39, 0.29) is 5.82 Å². The molecule has 1 heterocycles. The molecule has 0 unspecified atom stereocenters. The van der Waals surface area contributed by atoms with Crippen molar-refractivity contribution in [3.63, 3.8) is 0 Å². The summed E-state index contributed by atoms with van der Waals surface area (Å²) in [4.78, 5) is 6.27. The van der Waals surface area contributed by atoms with Gasteiger partial charge in [-0.15, -0.1) is 0 Å². The molecular formula is C15H26FN3O. The minimum absolute atomic E-state index is 0.291. The molecule has 5 heteroatoms. The Hall–Kier alpha value is -1.20. The van der Waals surface area contributed by atoms with Crippen LogP contribution in [0.3, 0.4) is 0 Å². The highest BCUT2D eigenvalue weighted by Crippen LogP contribution is 2.17. The first-order valence-electron chi connectivity index (χ1n) is 7.09. The van der Waals surface area contributed by atoms with Gasteiger partial charge in [-0.05, 0) is 24.9 Å². The van der Waals surface area contributed by atoms with E-state index in [1.165, 1.54) is 6.20 Å². The number of hydrogen-bond acceptors (Lipinski definition) is 4. The summed E-state index contributed by atoms with van der Waals surface area (Å²) < 4.78 is 18.4. The molecule has 0 aliphatic heterocycles. The van der Waals surface area contributed by atoms with Crippen molar-refractivity contribution in [2.45, 2.75) is 26.8 Å². The third kappa shape index (κ3) is 5.84. The van der Waals surface area contributed by atoms with Crippen LogP contribution < -0.4 is 10.2 Å². The Morgan fingerprint density at radius 1 is 1.45 bits per heavy atom. The molecule has 0 amide bonds. The minimum atomic E-state index is -0.291. The lowest BCUT2D eigenvalue weighted by molar-refractivity contribution is 0.196. The van der Waals surface area contributed by atoms with Crippen molar-refractivity contribution >= 4 is 5.82 Å². The maximum absolute atomic E-state index is 13.4. The summed E-state index contributed by atoms with van der Waals surface area (Å²) in [5.74, 6) is 1.11. The standard InChI is InChI=1S/C15H26FN3O/c1-12(2)9-17-10-13-8-14(16)11-18-15(13)19(3)6-5-7-20-4/h8,11-12,17H,5-7,9-10H2,1-4H3. The molecule has 0 bridgehead atoms. The molecule has 1 N–H and O–H groups in total. The number of nitrogens with zero attached hydrogens (tertiary/aromatic N) is 2. The van der Waals surface area contributed by atoms with E-state index in [4.69, 9.17) is 4.74 Å². The molecule has 20 heavy (non-hydrogen) atoms. The maximum atomic E-state index is 13.4. The molecular weight excluding hydrogens is 257 g/mol. The van der Waals surface area contributed by atoms with Crippen LogP contribution in [-0.4, -0.2) is 38.8 Å². The van der Waals surface area contributed by atoms with Gasteiger partial charge in [-0.2, -0.15) is 0 Å². The van der Waals surface area contributed by atoms with Crippen molar-refractivity contribution in [1.29, 1.82) is 0 Å². The molecule has 0 aromatic carbocycles. The largest absolute Gasteiger partial charge is 0.385 e. The molecule has 0 aliphatic carbocycles. The van der Waals surface area contributed by atoms with E-state index < -0.39 is 0 Å². The Bertz CT molecular complexity index is 399. The quantitative estimate of drug-likeness (QED) is 0.706. The van der Waals surface area contributed by atoms with Crippen LogP contribution in [0.4, 0.5) is 10.2 Å². The van der Waals surface area contributed by atoms with Crippen molar-refractivity contribution < 1.29 is 9.13 Å². The normalized spacial score (nSPS) is 11.1. The van der Waals surface area contributed by atoms with Crippen molar-refractivity contribution in [2.24, 2.45) is 5.92 Å². The van der Waals surface area contributed by atoms with Crippen molar-refractivity contribution in [3.05, 3.63) is 23.6 Å². The average molecular weight is 283 g/mol. The number of rotatable bonds is 9. The Balaban J connectivity index is 2.68. The highest BCUT2D eigenvalue weighted by Gasteiger charge is 2.10. The van der Waals surface area contributed by atoms with Gasteiger partial charge in [0.25, 0.3) is 0 Å². The maximum Gasteiger partial charge on any atom is 0.141 e. The van der Waals surface area contributed by atoms with Crippen molar-refractivity contribution in [3.8, 4) is 0 Å². The van der Waals surface area contributed by atoms with Gasteiger partial charge in [-0.25, -0.2) is 9.37 Å². The monoisotopic (exact) mass is 283 g/mol. The predicted octanol–water partition coefficient (Wildman–Crippen LogP) is 2.44. The van der Waals surface area contributed by atoms with Crippen LogP contribution in [0.5, 0.6) is 0 Å². The summed E-state index contributed by atoms with van der Waals surface area (Å²) in [6.07, 6.45) is 2.19. The number of hydrogen-bond donors (Lipinski definition) is 1. The fourth-order valence-corrected chi connectivity index (χ4v) is 2.00. The predicted molar refractivity (Wildman–Crippen MR) is 80.5 cm³/mol. The van der Waals surface area contributed by atoms with Gasteiger partial charge >= 0.3 is 0 Å². The molecule has 1 aromatic heterocycles. The summed E-state index contributed by atoms with van der Waals surface area (Å²) in [5, 5.41) is 3.33. The van der Waals surface area contributed by atoms with Gasteiger partial charge in [-0.3, -0.25) is 0 Å². The Kier molecular flexibility index (Phi) is 7.47. The van der Waals surface area contributed by atoms with Crippen LogP contribution in [0.25, 0.3) is 0 Å². The van der Waals surface area contributed by atoms with Crippen LogP contribution >= 0.6 is 0 Å². The molecule has 0 saturated heterocycles. The number of anilines is 1. The second-order valence-electron chi connectivity index (χ2n) is 5.43. The zero-order valence-corrected chi connectivity index (χ0v) is 12.9. The molecule has 114 valence electrons. The van der Waals surface area contributed by atoms with Gasteiger partial charge < -0.3 is 15.0 Å². The Morgan fingerprint density at radius 3 is 2.85 bits per heavy atom. The lowest BCUT2D eigenvalue weighted by Crippen LogP contribution is -2.25. The second-order valence-corrected chi connectivity index (χ2v) is 5.43. The van der Waals surface area contributed by atoms with Gasteiger partial charge in [-0.1, -0.05) is 13.8 Å². The van der Waals surface area contributed by atoms with Crippen molar-refractivity contribution in [1.82, 2.24) is 10.3 Å². The van der Waals surface area contributed by atoms with Crippen LogP contribution in [0.1, 0.15) is 25.8 Å². The first-order valence-corrected chi connectivity index (χ1v) is 7.09. The second kappa shape index (κ2) is 8.87. The molecule has 0 spiro atoms. The molecule has 0 fully saturated rings. The number of halogens is 1. The molecule has 0 saturated carbocycles. The zero-order chi connectivity index (χ0) is 15.0. The summed E-state index contributed by atoms with van der Waals surface area (Å²) >= 11 is 0. The van der Waals surface area contributed by atoms with E-state index in [1.807, 2.05) is 11.9 Å². The molecule has 0 radical (unpaired) electrons. The van der Waals surface area contributed by atoms with E-state index in [2.05, 4.69) is 24.1 Å². The highest BCUT2D eigenvalue weighted by atomic mass is 19.1. The van der Waals surface area contributed by atoms with E-state index in [0.29, 0.717) is 19.1 Å². The van der Waals surface area contributed by atoms with Gasteiger partial charge in [0.05, 0.1) is 6.20 Å². The lowest BCUT2D eigenvalue weighted by atomic mass is 10.2. The number of ether oxygens (including phenoxy) is 1. The fourth-order valence-electron chi connectivity index (χ4n) is 2.00. The molecule has 1 rings (SSSR count). The fraction of sp³-hybridized carbons (Fsp3) is 0.667.